The van der Waals surface area contributed by atoms with Gasteiger partial charge in [-0.25, -0.2) is 4.39 Å². The maximum absolute atomic E-state index is 13.2. The molecule has 0 spiro atoms. The van der Waals surface area contributed by atoms with E-state index in [1.54, 1.807) is 6.92 Å². The summed E-state index contributed by atoms with van der Waals surface area (Å²) in [5.74, 6) is -1.37. The normalized spacial score (nSPS) is 19.7. The van der Waals surface area contributed by atoms with Crippen LogP contribution in [0.5, 0.6) is 0 Å². The van der Waals surface area contributed by atoms with Gasteiger partial charge in [-0.05, 0) is 37.6 Å². The number of carbonyl (C=O) groups excluding carboxylic acids is 1. The van der Waals surface area contributed by atoms with Crippen molar-refractivity contribution >= 4 is 6.29 Å². The zero-order chi connectivity index (χ0) is 16.8. The molecule has 0 heterocycles. The number of aldehydes is 1. The molecule has 1 aliphatic rings. The van der Waals surface area contributed by atoms with Crippen LogP contribution in [0.1, 0.15) is 13.3 Å². The third-order valence-corrected chi connectivity index (χ3v) is 2.75. The molecule has 1 rings (SSSR count). The lowest BCUT2D eigenvalue weighted by atomic mass is 9.95. The summed E-state index contributed by atoms with van der Waals surface area (Å²) in [7, 11) is 0. The number of hydrogen-bond acceptors (Lipinski definition) is 2. The molecule has 1 aliphatic carbocycles. The fourth-order valence-electron chi connectivity index (χ4n) is 1.75. The topological polar surface area (TPSA) is 26.3 Å². The molecule has 0 bridgehead atoms. The Morgan fingerprint density at radius 2 is 2.18 bits per heavy atom. The molecule has 0 aromatic rings. The van der Waals surface area contributed by atoms with Gasteiger partial charge in [-0.15, -0.1) is 0 Å². The van der Waals surface area contributed by atoms with Gasteiger partial charge >= 0.3 is 6.18 Å². The molecule has 0 amide bonds. The number of ether oxygens (including phenoxy) is 1. The van der Waals surface area contributed by atoms with Crippen LogP contribution in [0, 0.1) is 5.92 Å². The van der Waals surface area contributed by atoms with Gasteiger partial charge < -0.3 is 9.53 Å². The van der Waals surface area contributed by atoms with E-state index in [0.29, 0.717) is 11.9 Å². The van der Waals surface area contributed by atoms with Crippen LogP contribution < -0.4 is 0 Å². The van der Waals surface area contributed by atoms with Crippen LogP contribution in [0.25, 0.3) is 0 Å². The van der Waals surface area contributed by atoms with E-state index in [2.05, 4.69) is 6.58 Å². The molecule has 0 aromatic carbocycles. The van der Waals surface area contributed by atoms with Crippen molar-refractivity contribution in [1.29, 1.82) is 0 Å². The first kappa shape index (κ1) is 17.9. The second-order valence-electron chi connectivity index (χ2n) is 4.77. The molecule has 0 saturated carbocycles. The molecule has 120 valence electrons. The highest BCUT2D eigenvalue weighted by molar-refractivity contribution is 5.60. The third kappa shape index (κ3) is 5.71. The third-order valence-electron chi connectivity index (χ3n) is 2.75. The van der Waals surface area contributed by atoms with Crippen LogP contribution in [0.4, 0.5) is 17.6 Å². The molecule has 0 radical (unpaired) electrons. The Balaban J connectivity index is 2.71. The zero-order valence-corrected chi connectivity index (χ0v) is 12.0. The van der Waals surface area contributed by atoms with Gasteiger partial charge in [0, 0.05) is 0 Å². The van der Waals surface area contributed by atoms with Crippen molar-refractivity contribution in [2.24, 2.45) is 5.92 Å². The zero-order valence-electron chi connectivity index (χ0n) is 12.0. The Morgan fingerprint density at radius 1 is 1.50 bits per heavy atom. The second kappa shape index (κ2) is 7.77. The van der Waals surface area contributed by atoms with Crippen LogP contribution in [0.2, 0.25) is 0 Å². The van der Waals surface area contributed by atoms with Crippen molar-refractivity contribution in [2.75, 3.05) is 6.61 Å². The number of halogens is 4. The van der Waals surface area contributed by atoms with Crippen molar-refractivity contribution in [3.63, 3.8) is 0 Å². The standard InChI is InChI=1S/C16H16F4O2/c1-11(2)8-14(17)4-3-7-22-15-9-13(16(18,19)20)6-5-12(15)10-21/h3-4,6,8-10,12H,1,5,7H2,2H3/b4-3-,14-8+/t12-/m1/s1. The molecular weight excluding hydrogens is 300 g/mol. The number of rotatable bonds is 6. The lowest BCUT2D eigenvalue weighted by Crippen LogP contribution is -2.18. The van der Waals surface area contributed by atoms with Crippen LogP contribution >= 0.6 is 0 Å². The molecule has 22 heavy (non-hydrogen) atoms. The minimum atomic E-state index is -4.49. The minimum Gasteiger partial charge on any atom is -0.493 e. The van der Waals surface area contributed by atoms with E-state index in [1.165, 1.54) is 12.2 Å². The number of alkyl halides is 3. The highest BCUT2D eigenvalue weighted by atomic mass is 19.4. The van der Waals surface area contributed by atoms with Gasteiger partial charge in [0.1, 0.15) is 24.5 Å². The van der Waals surface area contributed by atoms with Gasteiger partial charge in [-0.3, -0.25) is 0 Å². The van der Waals surface area contributed by atoms with Gasteiger partial charge in [0.25, 0.3) is 0 Å². The van der Waals surface area contributed by atoms with Gasteiger partial charge in [0.2, 0.25) is 0 Å². The Bertz CT molecular complexity index is 551. The Morgan fingerprint density at radius 3 is 2.73 bits per heavy atom. The van der Waals surface area contributed by atoms with E-state index >= 15 is 0 Å². The Labute approximate surface area is 126 Å². The number of hydrogen-bond donors (Lipinski definition) is 0. The summed E-state index contributed by atoms with van der Waals surface area (Å²) >= 11 is 0. The fraction of sp³-hybridized carbons (Fsp3) is 0.312. The van der Waals surface area contributed by atoms with Crippen LogP contribution in [0.3, 0.4) is 0 Å². The molecule has 0 unspecified atom stereocenters. The Kier molecular flexibility index (Phi) is 6.34. The van der Waals surface area contributed by atoms with E-state index in [0.717, 1.165) is 18.2 Å². The fourth-order valence-corrected chi connectivity index (χ4v) is 1.75. The first-order valence-electron chi connectivity index (χ1n) is 6.50. The summed E-state index contributed by atoms with van der Waals surface area (Å²) < 4.78 is 56.2. The lowest BCUT2D eigenvalue weighted by molar-refractivity contribution is -0.111. The molecule has 0 fully saturated rings. The van der Waals surface area contributed by atoms with E-state index < -0.39 is 23.5 Å². The quantitative estimate of drug-likeness (QED) is 0.407. The largest absolute Gasteiger partial charge is 0.493 e. The van der Waals surface area contributed by atoms with Gasteiger partial charge in [0.15, 0.2) is 0 Å². The predicted octanol–water partition coefficient (Wildman–Crippen LogP) is 4.58. The summed E-state index contributed by atoms with van der Waals surface area (Å²) in [5, 5.41) is 0. The van der Waals surface area contributed by atoms with Crippen molar-refractivity contribution in [1.82, 2.24) is 0 Å². The summed E-state index contributed by atoms with van der Waals surface area (Å²) in [5.41, 5.74) is -0.322. The molecule has 0 saturated heterocycles. The first-order valence-corrected chi connectivity index (χ1v) is 6.50. The predicted molar refractivity (Wildman–Crippen MR) is 75.5 cm³/mol. The summed E-state index contributed by atoms with van der Waals surface area (Å²) in [6.45, 7) is 4.99. The molecule has 2 nitrogen and oxygen atoms in total. The van der Waals surface area contributed by atoms with Crippen LogP contribution in [0.15, 0.2) is 59.7 Å². The maximum atomic E-state index is 13.2. The summed E-state index contributed by atoms with van der Waals surface area (Å²) in [6.07, 6.45) is 1.35. The van der Waals surface area contributed by atoms with Crippen molar-refractivity contribution in [2.45, 2.75) is 19.5 Å². The Hall–Kier alpha value is -2.11. The van der Waals surface area contributed by atoms with Gasteiger partial charge in [-0.2, -0.15) is 13.2 Å². The SMILES string of the molecule is C=C(C)/C=C(F)\C=C/COC1=CC(C(F)(F)F)=CC[C@@H]1C=O. The highest BCUT2D eigenvalue weighted by Crippen LogP contribution is 2.33. The minimum absolute atomic E-state index is 0.0706. The lowest BCUT2D eigenvalue weighted by Gasteiger charge is -2.20. The smallest absolute Gasteiger partial charge is 0.416 e. The molecule has 0 aliphatic heterocycles. The first-order chi connectivity index (χ1) is 10.2. The van der Waals surface area contributed by atoms with Gasteiger partial charge in [-0.1, -0.05) is 18.2 Å². The van der Waals surface area contributed by atoms with E-state index in [4.69, 9.17) is 4.74 Å². The van der Waals surface area contributed by atoms with Crippen molar-refractivity contribution in [3.8, 4) is 0 Å². The monoisotopic (exact) mass is 316 g/mol. The average molecular weight is 316 g/mol. The molecule has 1 atom stereocenters. The average Bonchev–Trinajstić information content (AvgIpc) is 2.41. The highest BCUT2D eigenvalue weighted by Gasteiger charge is 2.35. The molecule has 0 N–H and O–H groups in total. The molecule has 6 heteroatoms. The number of carbonyl (C=O) groups is 1. The maximum Gasteiger partial charge on any atom is 0.416 e. The van der Waals surface area contributed by atoms with Crippen molar-refractivity contribution < 1.29 is 27.1 Å². The van der Waals surface area contributed by atoms with E-state index in [9.17, 15) is 22.4 Å². The van der Waals surface area contributed by atoms with E-state index in [1.807, 2.05) is 0 Å². The molecule has 0 aromatic heterocycles. The van der Waals surface area contributed by atoms with Crippen molar-refractivity contribution in [3.05, 3.63) is 59.7 Å². The van der Waals surface area contributed by atoms with Gasteiger partial charge in [0.05, 0.1) is 11.5 Å². The van der Waals surface area contributed by atoms with E-state index in [-0.39, 0.29) is 18.8 Å². The second-order valence-corrected chi connectivity index (χ2v) is 4.77. The summed E-state index contributed by atoms with van der Waals surface area (Å²) in [6, 6.07) is 0. The van der Waals surface area contributed by atoms with Crippen LogP contribution in [-0.4, -0.2) is 19.1 Å². The van der Waals surface area contributed by atoms with Crippen LogP contribution in [-0.2, 0) is 9.53 Å². The molecular formula is C16H16F4O2. The number of allylic oxidation sites excluding steroid dienone is 8. The summed E-state index contributed by atoms with van der Waals surface area (Å²) in [4.78, 5) is 10.9.